The molecular formula is C24H20BrN4O3S2-. The molecule has 0 aliphatic heterocycles. The van der Waals surface area contributed by atoms with Gasteiger partial charge in [-0.15, -0.1) is 0 Å². The number of halogens is 1. The number of rotatable bonds is 8. The van der Waals surface area contributed by atoms with Gasteiger partial charge in [-0.25, -0.2) is 0 Å². The van der Waals surface area contributed by atoms with Crippen molar-refractivity contribution in [3.8, 4) is 0 Å². The average molecular weight is 556 g/mol. The van der Waals surface area contributed by atoms with E-state index < -0.39 is 17.2 Å². The molecule has 0 fully saturated rings. The van der Waals surface area contributed by atoms with E-state index in [1.54, 1.807) is 18.2 Å². The zero-order valence-corrected chi connectivity index (χ0v) is 21.3. The summed E-state index contributed by atoms with van der Waals surface area (Å²) in [6.07, 6.45) is 0.404. The van der Waals surface area contributed by atoms with Crippen LogP contribution in [0.3, 0.4) is 0 Å². The Morgan fingerprint density at radius 3 is 2.44 bits per heavy atom. The summed E-state index contributed by atoms with van der Waals surface area (Å²) >= 11 is 1.57. The second-order valence-corrected chi connectivity index (χ2v) is 9.72. The van der Waals surface area contributed by atoms with Gasteiger partial charge in [-0.1, -0.05) is 76.6 Å². The molecule has 3 aromatic carbocycles. The Labute approximate surface area is 212 Å². The Morgan fingerprint density at radius 2 is 1.76 bits per heavy atom. The predicted molar refractivity (Wildman–Crippen MR) is 137 cm³/mol. The summed E-state index contributed by atoms with van der Waals surface area (Å²) in [5.74, 6) is -0.229. The van der Waals surface area contributed by atoms with Crippen molar-refractivity contribution in [2.45, 2.75) is 19.4 Å². The van der Waals surface area contributed by atoms with Gasteiger partial charge in [-0.2, -0.15) is 8.75 Å². The minimum Gasteiger partial charge on any atom is -0.755 e. The molecule has 1 amide bonds. The number of benzene rings is 3. The minimum atomic E-state index is -2.75. The zero-order valence-electron chi connectivity index (χ0n) is 18.1. The maximum Gasteiger partial charge on any atom is 0.253 e. The van der Waals surface area contributed by atoms with Gasteiger partial charge in [0.2, 0.25) is 0 Å². The number of nitrogens with zero attached hydrogens (tertiary/aromatic N) is 3. The van der Waals surface area contributed by atoms with Crippen LogP contribution in [0.2, 0.25) is 0 Å². The topological polar surface area (TPSA) is 98.2 Å². The molecule has 0 radical (unpaired) electrons. The maximum atomic E-state index is 13.2. The highest BCUT2D eigenvalue weighted by molar-refractivity contribution is 9.10. The maximum absolute atomic E-state index is 13.2. The SMILES string of the molecule is CC(NC(=O)c1ccc(Br)cc1N(c1nsnc1Cc1ccccc1)S(=O)[O-])c1ccccc1. The molecule has 0 aliphatic carbocycles. The molecule has 4 aromatic rings. The van der Waals surface area contributed by atoms with E-state index in [-0.39, 0.29) is 23.1 Å². The fourth-order valence-electron chi connectivity index (χ4n) is 3.49. The molecule has 1 heterocycles. The van der Waals surface area contributed by atoms with E-state index in [0.717, 1.165) is 27.2 Å². The Hall–Kier alpha value is -2.92. The molecule has 0 saturated carbocycles. The summed E-state index contributed by atoms with van der Waals surface area (Å²) in [4.78, 5) is 13.2. The van der Waals surface area contributed by atoms with Gasteiger partial charge in [0.15, 0.2) is 5.82 Å². The summed E-state index contributed by atoms with van der Waals surface area (Å²) in [5, 5.41) is 2.95. The standard InChI is InChI=1S/C24H21BrN4O3S2/c1-16(18-10-6-3-7-11-18)26-24(30)20-13-12-19(25)15-22(20)29(34(31)32)23-21(27-33-28-23)14-17-8-4-2-5-9-17/h2-13,15-16H,14H2,1H3,(H,26,30)(H,31,32)/p-1. The Bertz CT molecular complexity index is 1300. The third-order valence-electron chi connectivity index (χ3n) is 5.16. The lowest BCUT2D eigenvalue weighted by Gasteiger charge is -2.27. The van der Waals surface area contributed by atoms with Crippen LogP contribution in [-0.2, 0) is 17.7 Å². The lowest BCUT2D eigenvalue weighted by Crippen LogP contribution is -2.30. The van der Waals surface area contributed by atoms with Crippen molar-refractivity contribution >= 4 is 56.3 Å². The number of carbonyl (C=O) groups excluding carboxylic acids is 1. The van der Waals surface area contributed by atoms with Crippen LogP contribution in [0.15, 0.2) is 83.3 Å². The highest BCUT2D eigenvalue weighted by Gasteiger charge is 2.25. The van der Waals surface area contributed by atoms with E-state index in [1.807, 2.05) is 67.6 Å². The number of hydrogen-bond acceptors (Lipinski definition) is 6. The monoisotopic (exact) mass is 555 g/mol. The van der Waals surface area contributed by atoms with Crippen molar-refractivity contribution in [1.29, 1.82) is 0 Å². The highest BCUT2D eigenvalue weighted by Crippen LogP contribution is 2.34. The van der Waals surface area contributed by atoms with Gasteiger partial charge in [0.1, 0.15) is 5.69 Å². The first-order chi connectivity index (χ1) is 16.4. The number of hydrogen-bond donors (Lipinski definition) is 1. The number of carbonyl (C=O) groups is 1. The molecule has 2 unspecified atom stereocenters. The quantitative estimate of drug-likeness (QED) is 0.297. The molecule has 2 atom stereocenters. The fourth-order valence-corrected chi connectivity index (χ4v) is 5.04. The first kappa shape index (κ1) is 24.2. The van der Waals surface area contributed by atoms with E-state index in [2.05, 4.69) is 30.0 Å². The van der Waals surface area contributed by atoms with Crippen molar-refractivity contribution in [3.05, 3.63) is 106 Å². The van der Waals surface area contributed by atoms with Crippen LogP contribution in [0.1, 0.15) is 40.1 Å². The van der Waals surface area contributed by atoms with Gasteiger partial charge in [-0.3, -0.25) is 13.3 Å². The lowest BCUT2D eigenvalue weighted by molar-refractivity contribution is 0.0940. The summed E-state index contributed by atoms with van der Waals surface area (Å²) in [5.41, 5.74) is 2.80. The van der Waals surface area contributed by atoms with E-state index in [0.29, 0.717) is 16.6 Å². The number of anilines is 2. The molecule has 0 aliphatic rings. The van der Waals surface area contributed by atoms with Crippen LogP contribution in [0, 0.1) is 0 Å². The third kappa shape index (κ3) is 5.58. The molecule has 4 rings (SSSR count). The normalized spacial score (nSPS) is 12.7. The van der Waals surface area contributed by atoms with Crippen LogP contribution in [0.5, 0.6) is 0 Å². The molecule has 1 aromatic heterocycles. The Balaban J connectivity index is 1.70. The van der Waals surface area contributed by atoms with Crippen LogP contribution in [-0.4, -0.2) is 23.4 Å². The van der Waals surface area contributed by atoms with Gasteiger partial charge in [0.05, 0.1) is 40.3 Å². The van der Waals surface area contributed by atoms with Gasteiger partial charge in [0.25, 0.3) is 5.91 Å². The molecule has 174 valence electrons. The molecule has 0 spiro atoms. The van der Waals surface area contributed by atoms with Crippen molar-refractivity contribution in [1.82, 2.24) is 14.1 Å². The first-order valence-corrected chi connectivity index (χ1v) is 12.9. The second-order valence-electron chi connectivity index (χ2n) is 7.48. The summed E-state index contributed by atoms with van der Waals surface area (Å²) in [6.45, 7) is 1.87. The van der Waals surface area contributed by atoms with E-state index in [4.69, 9.17) is 0 Å². The van der Waals surface area contributed by atoms with Crippen LogP contribution >= 0.6 is 27.7 Å². The molecule has 0 bridgehead atoms. The van der Waals surface area contributed by atoms with Gasteiger partial charge >= 0.3 is 0 Å². The number of aromatic nitrogens is 2. The number of amides is 1. The smallest absolute Gasteiger partial charge is 0.253 e. The van der Waals surface area contributed by atoms with Gasteiger partial charge in [-0.05, 0) is 36.2 Å². The van der Waals surface area contributed by atoms with Crippen molar-refractivity contribution in [2.75, 3.05) is 4.31 Å². The van der Waals surface area contributed by atoms with Crippen molar-refractivity contribution in [2.24, 2.45) is 0 Å². The minimum absolute atomic E-state index is 0.172. The van der Waals surface area contributed by atoms with Crippen LogP contribution in [0.4, 0.5) is 11.5 Å². The van der Waals surface area contributed by atoms with Gasteiger partial charge < -0.3 is 9.87 Å². The molecule has 7 nitrogen and oxygen atoms in total. The van der Waals surface area contributed by atoms with E-state index >= 15 is 0 Å². The molecular weight excluding hydrogens is 536 g/mol. The summed E-state index contributed by atoms with van der Waals surface area (Å²) in [7, 11) is 0. The molecule has 0 saturated heterocycles. The van der Waals surface area contributed by atoms with Crippen LogP contribution in [0.25, 0.3) is 0 Å². The van der Waals surface area contributed by atoms with Crippen molar-refractivity contribution in [3.63, 3.8) is 0 Å². The number of nitrogens with one attached hydrogen (secondary N) is 1. The summed E-state index contributed by atoms with van der Waals surface area (Å²) in [6, 6.07) is 23.7. The fraction of sp³-hybridized carbons (Fsp3) is 0.125. The molecule has 34 heavy (non-hydrogen) atoms. The largest absolute Gasteiger partial charge is 0.755 e. The Kier molecular flexibility index (Phi) is 7.84. The average Bonchev–Trinajstić information content (AvgIpc) is 3.27. The molecule has 10 heteroatoms. The third-order valence-corrected chi connectivity index (χ3v) is 6.88. The lowest BCUT2D eigenvalue weighted by atomic mass is 10.1. The summed E-state index contributed by atoms with van der Waals surface area (Å²) < 4.78 is 35.1. The van der Waals surface area contributed by atoms with Crippen molar-refractivity contribution < 1.29 is 13.6 Å². The second kappa shape index (κ2) is 11.0. The zero-order chi connectivity index (χ0) is 24.1. The first-order valence-electron chi connectivity index (χ1n) is 10.3. The van der Waals surface area contributed by atoms with E-state index in [9.17, 15) is 13.6 Å². The van der Waals surface area contributed by atoms with Gasteiger partial charge in [0, 0.05) is 10.9 Å². The molecule has 1 N–H and O–H groups in total. The van der Waals surface area contributed by atoms with Crippen LogP contribution < -0.4 is 9.62 Å². The predicted octanol–water partition coefficient (Wildman–Crippen LogP) is 5.31. The van der Waals surface area contributed by atoms with E-state index in [1.165, 1.54) is 0 Å². The highest BCUT2D eigenvalue weighted by atomic mass is 79.9. The Morgan fingerprint density at radius 1 is 1.09 bits per heavy atom.